The molecule has 0 unspecified atom stereocenters. The van der Waals surface area contributed by atoms with Crippen LogP contribution in [0.4, 0.5) is 0 Å². The van der Waals surface area contributed by atoms with Gasteiger partial charge in [0.25, 0.3) is 5.91 Å². The summed E-state index contributed by atoms with van der Waals surface area (Å²) in [5.74, 6) is 5.53. The second-order valence-electron chi connectivity index (χ2n) is 4.27. The first-order valence-corrected chi connectivity index (χ1v) is 6.17. The summed E-state index contributed by atoms with van der Waals surface area (Å²) in [5.41, 5.74) is 8.34. The van der Waals surface area contributed by atoms with Gasteiger partial charge in [-0.2, -0.15) is 0 Å². The van der Waals surface area contributed by atoms with E-state index in [0.717, 1.165) is 11.1 Å². The van der Waals surface area contributed by atoms with Gasteiger partial charge in [0.2, 0.25) is 0 Å². The Morgan fingerprint density at radius 1 is 1.45 bits per heavy atom. The number of benzene rings is 1. The van der Waals surface area contributed by atoms with E-state index in [4.69, 9.17) is 10.3 Å². The van der Waals surface area contributed by atoms with Gasteiger partial charge in [-0.3, -0.25) is 4.79 Å². The topological polar surface area (TPSA) is 81.2 Å². The van der Waals surface area contributed by atoms with E-state index in [1.807, 2.05) is 19.1 Å². The highest BCUT2D eigenvalue weighted by Crippen LogP contribution is 2.09. The number of carbonyl (C=O) groups excluding carboxylic acids is 1. The molecule has 5 heteroatoms. The molecule has 2 aromatic rings. The first-order chi connectivity index (χ1) is 9.69. The summed E-state index contributed by atoms with van der Waals surface area (Å²) < 4.78 is 4.70. The summed E-state index contributed by atoms with van der Waals surface area (Å²) >= 11 is 0. The van der Waals surface area contributed by atoms with Crippen LogP contribution < -0.4 is 11.1 Å². The van der Waals surface area contributed by atoms with Crippen molar-refractivity contribution in [3.05, 3.63) is 52.9 Å². The molecule has 1 aromatic heterocycles. The normalized spacial score (nSPS) is 9.70. The van der Waals surface area contributed by atoms with Crippen molar-refractivity contribution in [1.82, 2.24) is 10.5 Å². The van der Waals surface area contributed by atoms with Crippen molar-refractivity contribution < 1.29 is 9.32 Å². The molecule has 0 aliphatic heterocycles. The zero-order chi connectivity index (χ0) is 14.4. The van der Waals surface area contributed by atoms with Gasteiger partial charge in [0.15, 0.2) is 0 Å². The number of hydrogen-bond acceptors (Lipinski definition) is 4. The third-order valence-electron chi connectivity index (χ3n) is 2.60. The lowest BCUT2D eigenvalue weighted by molar-refractivity contribution is 0.0950. The van der Waals surface area contributed by atoms with E-state index >= 15 is 0 Å². The molecule has 0 aliphatic carbocycles. The first kappa shape index (κ1) is 13.8. The Morgan fingerprint density at radius 3 is 3.00 bits per heavy atom. The highest BCUT2D eigenvalue weighted by atomic mass is 16.5. The van der Waals surface area contributed by atoms with E-state index in [-0.39, 0.29) is 5.91 Å². The van der Waals surface area contributed by atoms with Crippen molar-refractivity contribution in [3.8, 4) is 11.8 Å². The highest BCUT2D eigenvalue weighted by molar-refractivity contribution is 5.94. The van der Waals surface area contributed by atoms with E-state index in [1.165, 1.54) is 6.26 Å². The Bertz CT molecular complexity index is 651. The molecular formula is C15H15N3O2. The molecular weight excluding hydrogens is 254 g/mol. The van der Waals surface area contributed by atoms with Gasteiger partial charge in [0.1, 0.15) is 12.0 Å². The molecule has 0 radical (unpaired) electrons. The van der Waals surface area contributed by atoms with Crippen LogP contribution in [-0.4, -0.2) is 17.6 Å². The van der Waals surface area contributed by atoms with Crippen LogP contribution in [0.25, 0.3) is 0 Å². The summed E-state index contributed by atoms with van der Waals surface area (Å²) in [4.78, 5) is 12.1. The summed E-state index contributed by atoms with van der Waals surface area (Å²) in [6, 6.07) is 7.17. The average Bonchev–Trinajstić information content (AvgIpc) is 2.95. The number of nitrogens with two attached hydrogens (primary N) is 1. The fourth-order valence-electron chi connectivity index (χ4n) is 1.74. The molecule has 0 fully saturated rings. The minimum Gasteiger partial charge on any atom is -0.364 e. The fourth-order valence-corrected chi connectivity index (χ4v) is 1.74. The molecule has 1 amide bonds. The molecule has 0 saturated heterocycles. The van der Waals surface area contributed by atoms with Gasteiger partial charge in [0.05, 0.1) is 13.1 Å². The summed E-state index contributed by atoms with van der Waals surface area (Å²) in [6.45, 7) is 2.54. The van der Waals surface area contributed by atoms with Gasteiger partial charge in [-0.1, -0.05) is 17.0 Å². The molecule has 102 valence electrons. The van der Waals surface area contributed by atoms with Crippen LogP contribution in [0.1, 0.15) is 27.2 Å². The number of nitrogens with zero attached hydrogens (tertiary/aromatic N) is 1. The van der Waals surface area contributed by atoms with Crippen molar-refractivity contribution in [2.45, 2.75) is 13.5 Å². The molecule has 1 heterocycles. The molecule has 5 nitrogen and oxygen atoms in total. The third-order valence-corrected chi connectivity index (χ3v) is 2.60. The number of rotatable bonds is 3. The summed E-state index contributed by atoms with van der Waals surface area (Å²) in [7, 11) is 0. The first-order valence-electron chi connectivity index (χ1n) is 6.17. The monoisotopic (exact) mass is 269 g/mol. The van der Waals surface area contributed by atoms with E-state index in [0.29, 0.717) is 24.3 Å². The maximum absolute atomic E-state index is 12.1. The Kier molecular flexibility index (Phi) is 4.53. The predicted octanol–water partition coefficient (Wildman–Crippen LogP) is 1.22. The molecule has 1 aromatic carbocycles. The SMILES string of the molecule is Cc1cc(C#CCN)cc(C(=O)NCc2ccon2)c1. The third kappa shape index (κ3) is 3.70. The highest BCUT2D eigenvalue weighted by Gasteiger charge is 2.07. The van der Waals surface area contributed by atoms with Crippen molar-refractivity contribution in [2.24, 2.45) is 5.73 Å². The van der Waals surface area contributed by atoms with Crippen LogP contribution in [0.5, 0.6) is 0 Å². The standard InChI is InChI=1S/C15H15N3O2/c1-11-7-12(3-2-5-16)9-13(8-11)15(19)17-10-14-4-6-20-18-14/h4,6-9H,5,10,16H2,1H3,(H,17,19). The lowest BCUT2D eigenvalue weighted by Crippen LogP contribution is -2.23. The van der Waals surface area contributed by atoms with Gasteiger partial charge in [-0.05, 0) is 30.7 Å². The smallest absolute Gasteiger partial charge is 0.251 e. The number of aryl methyl sites for hydroxylation is 1. The Balaban J connectivity index is 2.10. The second-order valence-corrected chi connectivity index (χ2v) is 4.27. The second kappa shape index (κ2) is 6.55. The maximum Gasteiger partial charge on any atom is 0.251 e. The van der Waals surface area contributed by atoms with E-state index < -0.39 is 0 Å². The maximum atomic E-state index is 12.1. The number of aromatic nitrogens is 1. The minimum atomic E-state index is -0.174. The summed E-state index contributed by atoms with van der Waals surface area (Å²) in [5, 5.41) is 6.51. The fraction of sp³-hybridized carbons (Fsp3) is 0.200. The lowest BCUT2D eigenvalue weighted by atomic mass is 10.1. The van der Waals surface area contributed by atoms with Crippen LogP contribution in [-0.2, 0) is 6.54 Å². The Morgan fingerprint density at radius 2 is 2.30 bits per heavy atom. The molecule has 0 saturated carbocycles. The Labute approximate surface area is 117 Å². The van der Waals surface area contributed by atoms with Crippen molar-refractivity contribution in [1.29, 1.82) is 0 Å². The Hall–Kier alpha value is -2.58. The average molecular weight is 269 g/mol. The minimum absolute atomic E-state index is 0.174. The van der Waals surface area contributed by atoms with E-state index in [1.54, 1.807) is 12.1 Å². The number of nitrogens with one attached hydrogen (secondary N) is 1. The number of carbonyl (C=O) groups is 1. The zero-order valence-corrected chi connectivity index (χ0v) is 11.1. The molecule has 20 heavy (non-hydrogen) atoms. The van der Waals surface area contributed by atoms with Crippen LogP contribution in [0.2, 0.25) is 0 Å². The van der Waals surface area contributed by atoms with E-state index in [9.17, 15) is 4.79 Å². The molecule has 2 rings (SSSR count). The van der Waals surface area contributed by atoms with Crippen LogP contribution >= 0.6 is 0 Å². The van der Waals surface area contributed by atoms with Crippen LogP contribution in [0, 0.1) is 18.8 Å². The van der Waals surface area contributed by atoms with E-state index in [2.05, 4.69) is 22.3 Å². The van der Waals surface area contributed by atoms with Crippen molar-refractivity contribution >= 4 is 5.91 Å². The molecule has 0 bridgehead atoms. The zero-order valence-electron chi connectivity index (χ0n) is 11.1. The number of amides is 1. The predicted molar refractivity (Wildman–Crippen MR) is 74.8 cm³/mol. The van der Waals surface area contributed by atoms with Gasteiger partial charge in [0, 0.05) is 17.2 Å². The van der Waals surface area contributed by atoms with Gasteiger partial charge in [-0.15, -0.1) is 0 Å². The largest absolute Gasteiger partial charge is 0.364 e. The van der Waals surface area contributed by atoms with Gasteiger partial charge < -0.3 is 15.6 Å². The molecule has 0 aliphatic rings. The molecule has 0 atom stereocenters. The van der Waals surface area contributed by atoms with Crippen LogP contribution in [0.3, 0.4) is 0 Å². The lowest BCUT2D eigenvalue weighted by Gasteiger charge is -2.05. The van der Waals surface area contributed by atoms with Crippen LogP contribution in [0.15, 0.2) is 35.1 Å². The summed E-state index contributed by atoms with van der Waals surface area (Å²) in [6.07, 6.45) is 1.47. The quantitative estimate of drug-likeness (QED) is 0.821. The van der Waals surface area contributed by atoms with Gasteiger partial charge in [-0.25, -0.2) is 0 Å². The molecule has 3 N–H and O–H groups in total. The van der Waals surface area contributed by atoms with Gasteiger partial charge >= 0.3 is 0 Å². The molecule has 0 spiro atoms. The van der Waals surface area contributed by atoms with Crippen molar-refractivity contribution in [3.63, 3.8) is 0 Å². The number of hydrogen-bond donors (Lipinski definition) is 2. The van der Waals surface area contributed by atoms with Crippen molar-refractivity contribution in [2.75, 3.05) is 6.54 Å².